The highest BCUT2D eigenvalue weighted by molar-refractivity contribution is 7.10. The first-order chi connectivity index (χ1) is 17.6. The number of para-hydroxylation sites is 2. The minimum absolute atomic E-state index is 0.0533. The third kappa shape index (κ3) is 5.18. The Bertz CT molecular complexity index is 1190. The fourth-order valence-electron chi connectivity index (χ4n) is 4.81. The second-order valence-electron chi connectivity index (χ2n) is 9.04. The minimum Gasteiger partial charge on any atom is -0.497 e. The molecule has 1 saturated carbocycles. The van der Waals surface area contributed by atoms with Crippen LogP contribution in [0.5, 0.6) is 17.2 Å². The third-order valence-electron chi connectivity index (χ3n) is 6.62. The number of ether oxygens (including phenoxy) is 3. The van der Waals surface area contributed by atoms with Crippen LogP contribution in [-0.2, 0) is 9.59 Å². The molecule has 1 aromatic heterocycles. The van der Waals surface area contributed by atoms with Crippen molar-refractivity contribution in [1.29, 1.82) is 0 Å². The van der Waals surface area contributed by atoms with Gasteiger partial charge in [-0.05, 0) is 48.6 Å². The van der Waals surface area contributed by atoms with E-state index in [1.165, 1.54) is 22.7 Å². The number of methoxy groups -OCH3 is 1. The Morgan fingerprint density at radius 2 is 1.83 bits per heavy atom. The third-order valence-corrected chi connectivity index (χ3v) is 7.55. The lowest BCUT2D eigenvalue weighted by Gasteiger charge is -2.36. The first kappa shape index (κ1) is 24.2. The van der Waals surface area contributed by atoms with Crippen molar-refractivity contribution in [2.24, 2.45) is 0 Å². The maximum Gasteiger partial charge on any atom is 0.272 e. The molecule has 2 aromatic carbocycles. The number of carbonyl (C=O) groups excluding carboxylic acids is 2. The molecule has 0 bridgehead atoms. The summed E-state index contributed by atoms with van der Waals surface area (Å²) in [6, 6.07) is 17.5. The highest BCUT2D eigenvalue weighted by Gasteiger charge is 2.40. The van der Waals surface area contributed by atoms with Crippen molar-refractivity contribution in [3.63, 3.8) is 0 Å². The van der Waals surface area contributed by atoms with Gasteiger partial charge in [-0.1, -0.05) is 43.5 Å². The second kappa shape index (κ2) is 11.0. The topological polar surface area (TPSA) is 77.1 Å². The zero-order chi connectivity index (χ0) is 24.9. The maximum atomic E-state index is 14.1. The standard InChI is InChI=1S/C28H30N2O5S/c1-33-21-12-7-11-20(17-21)30(28(32)24-18-34-22-13-5-6-14-23(22)35-24)26(25-15-8-16-36-25)27(31)29-19-9-3-2-4-10-19/h5-8,11-17,19,24,26H,2-4,9-10,18H2,1H3,(H,29,31)/t24-,26+/m0/s1. The first-order valence-electron chi connectivity index (χ1n) is 12.3. The van der Waals surface area contributed by atoms with E-state index < -0.39 is 12.1 Å². The van der Waals surface area contributed by atoms with E-state index in [0.717, 1.165) is 30.6 Å². The number of rotatable bonds is 7. The molecule has 7 nitrogen and oxygen atoms in total. The molecular formula is C28H30N2O5S. The predicted octanol–water partition coefficient (Wildman–Crippen LogP) is 5.12. The predicted molar refractivity (Wildman–Crippen MR) is 139 cm³/mol. The maximum absolute atomic E-state index is 14.1. The van der Waals surface area contributed by atoms with Crippen molar-refractivity contribution in [3.8, 4) is 17.2 Å². The van der Waals surface area contributed by atoms with Crippen molar-refractivity contribution in [1.82, 2.24) is 5.32 Å². The van der Waals surface area contributed by atoms with Gasteiger partial charge in [-0.2, -0.15) is 0 Å². The number of amides is 2. The quantitative estimate of drug-likeness (QED) is 0.481. The average Bonchev–Trinajstić information content (AvgIpc) is 3.46. The average molecular weight is 507 g/mol. The number of benzene rings is 2. The fraction of sp³-hybridized carbons (Fsp3) is 0.357. The molecule has 0 saturated heterocycles. The molecule has 1 fully saturated rings. The molecule has 0 unspecified atom stereocenters. The van der Waals surface area contributed by atoms with Crippen LogP contribution in [0.15, 0.2) is 66.0 Å². The van der Waals surface area contributed by atoms with Crippen molar-refractivity contribution in [2.75, 3.05) is 18.6 Å². The summed E-state index contributed by atoms with van der Waals surface area (Å²) >= 11 is 1.45. The first-order valence-corrected chi connectivity index (χ1v) is 13.2. The number of thiophene rings is 1. The summed E-state index contributed by atoms with van der Waals surface area (Å²) in [4.78, 5) is 30.3. The summed E-state index contributed by atoms with van der Waals surface area (Å²) in [6.45, 7) is 0.0533. The Morgan fingerprint density at radius 1 is 1.03 bits per heavy atom. The van der Waals surface area contributed by atoms with E-state index in [0.29, 0.717) is 22.9 Å². The smallest absolute Gasteiger partial charge is 0.272 e. The van der Waals surface area contributed by atoms with Crippen LogP contribution in [0, 0.1) is 0 Å². The Balaban J connectivity index is 1.52. The van der Waals surface area contributed by atoms with E-state index in [4.69, 9.17) is 14.2 Å². The molecule has 2 atom stereocenters. The molecule has 2 heterocycles. The lowest BCUT2D eigenvalue weighted by atomic mass is 9.95. The fourth-order valence-corrected chi connectivity index (χ4v) is 5.62. The van der Waals surface area contributed by atoms with Crippen molar-refractivity contribution in [2.45, 2.75) is 50.3 Å². The normalized spacial score (nSPS) is 18.2. The van der Waals surface area contributed by atoms with Gasteiger partial charge in [0.2, 0.25) is 12.0 Å². The van der Waals surface area contributed by atoms with Crippen LogP contribution < -0.4 is 24.4 Å². The van der Waals surface area contributed by atoms with Gasteiger partial charge in [-0.3, -0.25) is 14.5 Å². The largest absolute Gasteiger partial charge is 0.497 e. The highest BCUT2D eigenvalue weighted by atomic mass is 32.1. The summed E-state index contributed by atoms with van der Waals surface area (Å²) in [6.07, 6.45) is 4.38. The van der Waals surface area contributed by atoms with Gasteiger partial charge in [0.1, 0.15) is 18.4 Å². The number of nitrogens with zero attached hydrogens (tertiary/aromatic N) is 1. The molecule has 188 valence electrons. The molecule has 1 aliphatic heterocycles. The Hall–Kier alpha value is -3.52. The van der Waals surface area contributed by atoms with Crippen molar-refractivity contribution < 1.29 is 23.8 Å². The number of anilines is 1. The van der Waals surface area contributed by atoms with E-state index in [2.05, 4.69) is 5.32 Å². The van der Waals surface area contributed by atoms with Crippen molar-refractivity contribution in [3.05, 3.63) is 70.9 Å². The van der Waals surface area contributed by atoms with Crippen LogP contribution >= 0.6 is 11.3 Å². The monoisotopic (exact) mass is 506 g/mol. The molecule has 2 aliphatic rings. The van der Waals surface area contributed by atoms with Crippen LogP contribution in [-0.4, -0.2) is 37.7 Å². The molecule has 5 rings (SSSR count). The van der Waals surface area contributed by atoms with E-state index in [-0.39, 0.29) is 24.5 Å². The van der Waals surface area contributed by atoms with Gasteiger partial charge < -0.3 is 19.5 Å². The Kier molecular flexibility index (Phi) is 7.41. The second-order valence-corrected chi connectivity index (χ2v) is 10.0. The summed E-state index contributed by atoms with van der Waals surface area (Å²) in [5.74, 6) is 1.15. The summed E-state index contributed by atoms with van der Waals surface area (Å²) < 4.78 is 17.4. The molecule has 8 heteroatoms. The molecule has 1 N–H and O–H groups in total. The number of hydrogen-bond acceptors (Lipinski definition) is 6. The minimum atomic E-state index is -0.906. The summed E-state index contributed by atoms with van der Waals surface area (Å²) in [5, 5.41) is 5.15. The van der Waals surface area contributed by atoms with Crippen LogP contribution in [0.25, 0.3) is 0 Å². The molecular weight excluding hydrogens is 476 g/mol. The van der Waals surface area contributed by atoms with E-state index in [1.807, 2.05) is 53.9 Å². The zero-order valence-electron chi connectivity index (χ0n) is 20.2. The number of nitrogens with one attached hydrogen (secondary N) is 1. The van der Waals surface area contributed by atoms with E-state index in [1.54, 1.807) is 19.2 Å². The number of fused-ring (bicyclic) bond motifs is 1. The van der Waals surface area contributed by atoms with Gasteiger partial charge in [0, 0.05) is 22.7 Å². The lowest BCUT2D eigenvalue weighted by molar-refractivity contribution is -0.132. The van der Waals surface area contributed by atoms with E-state index in [9.17, 15) is 9.59 Å². The molecule has 3 aromatic rings. The Labute approximate surface area is 215 Å². The number of carbonyl (C=O) groups is 2. The molecule has 36 heavy (non-hydrogen) atoms. The van der Waals surface area contributed by atoms with Crippen LogP contribution in [0.3, 0.4) is 0 Å². The van der Waals surface area contributed by atoms with Gasteiger partial charge in [0.05, 0.1) is 7.11 Å². The van der Waals surface area contributed by atoms with Gasteiger partial charge in [-0.25, -0.2) is 0 Å². The highest BCUT2D eigenvalue weighted by Crippen LogP contribution is 2.36. The molecule has 1 aliphatic carbocycles. The van der Waals surface area contributed by atoms with Crippen LogP contribution in [0.2, 0.25) is 0 Å². The summed E-state index contributed by atoms with van der Waals surface area (Å²) in [7, 11) is 1.58. The molecule has 2 amide bonds. The van der Waals surface area contributed by atoms with Gasteiger partial charge >= 0.3 is 0 Å². The SMILES string of the molecule is COc1cccc(N(C(=O)[C@@H]2COc3ccccc3O2)[C@@H](C(=O)NC2CCCCC2)c2cccs2)c1. The number of hydrogen-bond donors (Lipinski definition) is 1. The summed E-state index contributed by atoms with van der Waals surface area (Å²) in [5.41, 5.74) is 0.555. The van der Waals surface area contributed by atoms with Gasteiger partial charge in [0.25, 0.3) is 5.91 Å². The van der Waals surface area contributed by atoms with Gasteiger partial charge in [-0.15, -0.1) is 11.3 Å². The van der Waals surface area contributed by atoms with Crippen molar-refractivity contribution >= 4 is 28.8 Å². The van der Waals surface area contributed by atoms with Crippen LogP contribution in [0.4, 0.5) is 5.69 Å². The van der Waals surface area contributed by atoms with Gasteiger partial charge in [0.15, 0.2) is 11.5 Å². The lowest BCUT2D eigenvalue weighted by Crippen LogP contribution is -2.52. The molecule has 0 spiro atoms. The zero-order valence-corrected chi connectivity index (χ0v) is 21.0. The Morgan fingerprint density at radius 3 is 2.58 bits per heavy atom. The van der Waals surface area contributed by atoms with E-state index >= 15 is 0 Å². The van der Waals surface area contributed by atoms with Crippen LogP contribution in [0.1, 0.15) is 43.0 Å². The molecule has 0 radical (unpaired) electrons.